The molecule has 38 heavy (non-hydrogen) atoms. The van der Waals surface area contributed by atoms with Gasteiger partial charge < -0.3 is 10.1 Å². The minimum atomic E-state index is -4.30. The Morgan fingerprint density at radius 3 is 2.39 bits per heavy atom. The van der Waals surface area contributed by atoms with Crippen LogP contribution in [-0.2, 0) is 19.6 Å². The van der Waals surface area contributed by atoms with E-state index in [1.54, 1.807) is 25.1 Å². The lowest BCUT2D eigenvalue weighted by molar-refractivity contribution is -0.141. The molecule has 0 aliphatic rings. The van der Waals surface area contributed by atoms with Gasteiger partial charge >= 0.3 is 5.97 Å². The largest absolute Gasteiger partial charge is 0.469 e. The fourth-order valence-corrected chi connectivity index (χ4v) is 4.77. The normalized spacial score (nSPS) is 12.3. The Morgan fingerprint density at radius 2 is 1.71 bits per heavy atom. The van der Waals surface area contributed by atoms with Crippen LogP contribution in [0.25, 0.3) is 17.0 Å². The minimum Gasteiger partial charge on any atom is -0.469 e. The van der Waals surface area contributed by atoms with E-state index < -0.39 is 33.1 Å². The van der Waals surface area contributed by atoms with Gasteiger partial charge in [0.25, 0.3) is 26.9 Å². The zero-order valence-corrected chi connectivity index (χ0v) is 22.2. The highest BCUT2D eigenvalue weighted by atomic mass is 32.2. The third-order valence-corrected chi connectivity index (χ3v) is 7.02. The highest BCUT2D eigenvalue weighted by molar-refractivity contribution is 7.92. The van der Waals surface area contributed by atoms with Crippen LogP contribution in [0.3, 0.4) is 0 Å². The number of hydrogen-bond acceptors (Lipinski definition) is 8. The number of anilines is 1. The fourth-order valence-electron chi connectivity index (χ4n) is 3.82. The number of fused-ring (bicyclic) bond motifs is 1. The molecule has 198 valence electrons. The number of methoxy groups -OCH3 is 1. The standard InChI is InChI=1S/C26H28N6O5S/c1-16(2)21(15-23(33)37-4)28-24(34)19-12-8-9-13-20(19)31-38(35,36)26-29-25-27-17(3)14-22(32(25)30-26)18-10-6-5-7-11-18/h5-14,16,21,31H,15H2,1-4H3,(H,28,34). The summed E-state index contributed by atoms with van der Waals surface area (Å²) >= 11 is 0. The molecular weight excluding hydrogens is 508 g/mol. The number of sulfonamides is 1. The molecule has 2 aromatic heterocycles. The molecule has 12 heteroatoms. The van der Waals surface area contributed by atoms with Crippen LogP contribution in [0.4, 0.5) is 5.69 Å². The molecule has 0 radical (unpaired) electrons. The highest BCUT2D eigenvalue weighted by Gasteiger charge is 2.26. The maximum atomic E-state index is 13.3. The van der Waals surface area contributed by atoms with Gasteiger partial charge in [-0.3, -0.25) is 14.3 Å². The fraction of sp³-hybridized carbons (Fsp3) is 0.269. The summed E-state index contributed by atoms with van der Waals surface area (Å²) in [5.74, 6) is -0.955. The van der Waals surface area contributed by atoms with Crippen molar-refractivity contribution >= 4 is 33.4 Å². The van der Waals surface area contributed by atoms with Crippen LogP contribution >= 0.6 is 0 Å². The number of nitrogens with zero attached hydrogens (tertiary/aromatic N) is 4. The molecule has 2 heterocycles. The van der Waals surface area contributed by atoms with Gasteiger partial charge in [-0.15, -0.1) is 5.10 Å². The average molecular weight is 537 g/mol. The van der Waals surface area contributed by atoms with E-state index in [-0.39, 0.29) is 29.4 Å². The summed E-state index contributed by atoms with van der Waals surface area (Å²) in [6.07, 6.45) is -0.0187. The zero-order chi connectivity index (χ0) is 27.4. The summed E-state index contributed by atoms with van der Waals surface area (Å²) in [5.41, 5.74) is 2.21. The maximum absolute atomic E-state index is 13.3. The van der Waals surface area contributed by atoms with Crippen molar-refractivity contribution in [3.05, 3.63) is 71.9 Å². The first kappa shape index (κ1) is 26.7. The van der Waals surface area contributed by atoms with Crippen molar-refractivity contribution in [3.63, 3.8) is 0 Å². The van der Waals surface area contributed by atoms with E-state index in [4.69, 9.17) is 4.74 Å². The number of hydrogen-bond donors (Lipinski definition) is 2. The van der Waals surface area contributed by atoms with Gasteiger partial charge in [0.15, 0.2) is 0 Å². The second-order valence-corrected chi connectivity index (χ2v) is 10.6. The number of rotatable bonds is 9. The van der Waals surface area contributed by atoms with Gasteiger partial charge in [0.2, 0.25) is 0 Å². The molecular formula is C26H28N6O5S. The van der Waals surface area contributed by atoms with Gasteiger partial charge in [-0.05, 0) is 31.0 Å². The molecule has 11 nitrogen and oxygen atoms in total. The van der Waals surface area contributed by atoms with Crippen molar-refractivity contribution in [1.82, 2.24) is 24.9 Å². The topological polar surface area (TPSA) is 145 Å². The molecule has 2 aromatic carbocycles. The monoisotopic (exact) mass is 536 g/mol. The summed E-state index contributed by atoms with van der Waals surface area (Å²) < 4.78 is 35.2. The first-order valence-electron chi connectivity index (χ1n) is 11.9. The first-order chi connectivity index (χ1) is 18.1. The molecule has 0 saturated heterocycles. The molecule has 0 fully saturated rings. The molecule has 0 spiro atoms. The smallest absolute Gasteiger partial charge is 0.307 e. The molecule has 1 unspecified atom stereocenters. The summed E-state index contributed by atoms with van der Waals surface area (Å²) in [7, 11) is -3.02. The quantitative estimate of drug-likeness (QED) is 0.310. The number of para-hydroxylation sites is 1. The number of carbonyl (C=O) groups excluding carboxylic acids is 2. The molecule has 0 bridgehead atoms. The SMILES string of the molecule is COC(=O)CC(NC(=O)c1ccccc1NS(=O)(=O)c1nc2nc(C)cc(-c3ccccc3)n2n1)C(C)C. The number of amides is 1. The predicted molar refractivity (Wildman–Crippen MR) is 141 cm³/mol. The van der Waals surface area contributed by atoms with E-state index in [1.165, 1.54) is 23.8 Å². The van der Waals surface area contributed by atoms with Crippen molar-refractivity contribution in [2.75, 3.05) is 11.8 Å². The average Bonchev–Trinajstić information content (AvgIpc) is 3.33. The van der Waals surface area contributed by atoms with Gasteiger partial charge in [-0.1, -0.05) is 56.3 Å². The maximum Gasteiger partial charge on any atom is 0.307 e. The Hall–Kier alpha value is -4.32. The molecule has 4 rings (SSSR count). The predicted octanol–water partition coefficient (Wildman–Crippen LogP) is 3.22. The van der Waals surface area contributed by atoms with Gasteiger partial charge in [0.05, 0.1) is 30.5 Å². The summed E-state index contributed by atoms with van der Waals surface area (Å²) in [6.45, 7) is 5.50. The molecule has 0 aliphatic heterocycles. The van der Waals surface area contributed by atoms with E-state index in [0.717, 1.165) is 5.56 Å². The third kappa shape index (κ3) is 5.80. The lowest BCUT2D eigenvalue weighted by Crippen LogP contribution is -2.40. The number of benzene rings is 2. The van der Waals surface area contributed by atoms with Gasteiger partial charge in [0, 0.05) is 17.3 Å². The van der Waals surface area contributed by atoms with Gasteiger partial charge in [-0.2, -0.15) is 17.9 Å². The number of aryl methyl sites for hydroxylation is 1. The number of aromatic nitrogens is 4. The number of esters is 1. The summed E-state index contributed by atoms with van der Waals surface area (Å²) in [6, 6.07) is 16.8. The zero-order valence-electron chi connectivity index (χ0n) is 21.4. The van der Waals surface area contributed by atoms with E-state index in [1.807, 2.05) is 44.2 Å². The molecule has 1 amide bonds. The van der Waals surface area contributed by atoms with Crippen molar-refractivity contribution < 1.29 is 22.7 Å². The van der Waals surface area contributed by atoms with Crippen molar-refractivity contribution in [3.8, 4) is 11.3 Å². The third-order valence-electron chi connectivity index (χ3n) is 5.88. The van der Waals surface area contributed by atoms with E-state index in [2.05, 4.69) is 25.1 Å². The van der Waals surface area contributed by atoms with Crippen LogP contribution < -0.4 is 10.0 Å². The minimum absolute atomic E-state index is 0.0187. The van der Waals surface area contributed by atoms with E-state index >= 15 is 0 Å². The Labute approximate surface area is 220 Å². The number of nitrogens with one attached hydrogen (secondary N) is 2. The Balaban J connectivity index is 1.65. The highest BCUT2D eigenvalue weighted by Crippen LogP contribution is 2.23. The Bertz CT molecular complexity index is 1580. The van der Waals surface area contributed by atoms with Crippen LogP contribution in [0.15, 0.2) is 65.8 Å². The van der Waals surface area contributed by atoms with Crippen LogP contribution in [0.2, 0.25) is 0 Å². The second kappa shape index (κ2) is 11.0. The van der Waals surface area contributed by atoms with Crippen molar-refractivity contribution in [2.24, 2.45) is 5.92 Å². The lowest BCUT2D eigenvalue weighted by Gasteiger charge is -2.22. The van der Waals surface area contributed by atoms with E-state index in [0.29, 0.717) is 11.4 Å². The molecule has 0 aliphatic carbocycles. The van der Waals surface area contributed by atoms with Crippen molar-refractivity contribution in [1.29, 1.82) is 0 Å². The van der Waals surface area contributed by atoms with E-state index in [9.17, 15) is 18.0 Å². The Kier molecular flexibility index (Phi) is 7.72. The van der Waals surface area contributed by atoms with Crippen LogP contribution in [0.5, 0.6) is 0 Å². The van der Waals surface area contributed by atoms with Crippen LogP contribution in [0.1, 0.15) is 36.3 Å². The van der Waals surface area contributed by atoms with Crippen LogP contribution in [-0.4, -0.2) is 53.0 Å². The first-order valence-corrected chi connectivity index (χ1v) is 13.4. The molecule has 4 aromatic rings. The molecule has 0 saturated carbocycles. The lowest BCUT2D eigenvalue weighted by atomic mass is 10.0. The number of ether oxygens (including phenoxy) is 1. The number of carbonyl (C=O) groups is 2. The summed E-state index contributed by atoms with van der Waals surface area (Å²) in [5, 5.41) is 6.53. The second-order valence-electron chi connectivity index (χ2n) is 9.01. The van der Waals surface area contributed by atoms with Crippen LogP contribution in [0, 0.1) is 12.8 Å². The summed E-state index contributed by atoms with van der Waals surface area (Å²) in [4.78, 5) is 33.4. The Morgan fingerprint density at radius 1 is 1.03 bits per heavy atom. The van der Waals surface area contributed by atoms with Crippen molar-refractivity contribution in [2.45, 2.75) is 38.4 Å². The van der Waals surface area contributed by atoms with Gasteiger partial charge in [0.1, 0.15) is 0 Å². The van der Waals surface area contributed by atoms with Gasteiger partial charge in [-0.25, -0.2) is 4.98 Å². The molecule has 2 N–H and O–H groups in total. The molecule has 1 atom stereocenters.